The van der Waals surface area contributed by atoms with E-state index < -0.39 is 0 Å². The highest BCUT2D eigenvalue weighted by Gasteiger charge is 2.25. The molecule has 1 heterocycles. The summed E-state index contributed by atoms with van der Waals surface area (Å²) >= 11 is 11.9. The first-order valence-corrected chi connectivity index (χ1v) is 7.02. The number of carbonyl (C=O) groups is 1. The number of hydrogen-bond acceptors (Lipinski definition) is 2. The summed E-state index contributed by atoms with van der Waals surface area (Å²) in [6.45, 7) is 3.42. The standard InChI is InChI=1S/C14H17Cl2NO/c1-10(18)14-4-2-3-7-17(14)9-11-5-6-12(15)13(16)8-11/h5-6,8,14H,2-4,7,9H2,1H3. The molecule has 1 aliphatic rings. The van der Waals surface area contributed by atoms with Gasteiger partial charge < -0.3 is 0 Å². The molecule has 1 aliphatic heterocycles. The first-order valence-electron chi connectivity index (χ1n) is 6.26. The highest BCUT2D eigenvalue weighted by Crippen LogP contribution is 2.25. The van der Waals surface area contributed by atoms with Crippen molar-refractivity contribution in [1.29, 1.82) is 0 Å². The van der Waals surface area contributed by atoms with Gasteiger partial charge in [-0.1, -0.05) is 35.7 Å². The first kappa shape index (κ1) is 13.9. The van der Waals surface area contributed by atoms with Crippen molar-refractivity contribution in [3.63, 3.8) is 0 Å². The maximum Gasteiger partial charge on any atom is 0.146 e. The van der Waals surface area contributed by atoms with Crippen molar-refractivity contribution in [2.45, 2.75) is 38.8 Å². The minimum Gasteiger partial charge on any atom is -0.298 e. The molecule has 1 unspecified atom stereocenters. The highest BCUT2D eigenvalue weighted by atomic mass is 35.5. The van der Waals surface area contributed by atoms with Crippen molar-refractivity contribution in [3.8, 4) is 0 Å². The fraction of sp³-hybridized carbons (Fsp3) is 0.500. The molecular weight excluding hydrogens is 269 g/mol. The smallest absolute Gasteiger partial charge is 0.146 e. The van der Waals surface area contributed by atoms with Crippen LogP contribution >= 0.6 is 23.2 Å². The molecule has 2 rings (SSSR count). The molecule has 0 N–H and O–H groups in total. The fourth-order valence-corrected chi connectivity index (χ4v) is 2.83. The molecule has 98 valence electrons. The van der Waals surface area contributed by atoms with Crippen LogP contribution in [0.1, 0.15) is 31.7 Å². The molecule has 0 saturated carbocycles. The maximum absolute atomic E-state index is 11.6. The van der Waals surface area contributed by atoms with Gasteiger partial charge in [0.1, 0.15) is 5.78 Å². The van der Waals surface area contributed by atoms with Crippen molar-refractivity contribution >= 4 is 29.0 Å². The Bertz CT molecular complexity index is 447. The van der Waals surface area contributed by atoms with Gasteiger partial charge in [0.25, 0.3) is 0 Å². The number of benzene rings is 1. The molecule has 18 heavy (non-hydrogen) atoms. The zero-order chi connectivity index (χ0) is 13.1. The van der Waals surface area contributed by atoms with E-state index in [4.69, 9.17) is 23.2 Å². The number of hydrogen-bond donors (Lipinski definition) is 0. The van der Waals surface area contributed by atoms with Crippen LogP contribution in [0.15, 0.2) is 18.2 Å². The number of ketones is 1. The molecule has 0 aromatic heterocycles. The minimum absolute atomic E-state index is 0.0632. The van der Waals surface area contributed by atoms with Crippen LogP contribution < -0.4 is 0 Å². The summed E-state index contributed by atoms with van der Waals surface area (Å²) in [4.78, 5) is 13.9. The molecule has 0 spiro atoms. The highest BCUT2D eigenvalue weighted by molar-refractivity contribution is 6.42. The van der Waals surface area contributed by atoms with E-state index in [1.807, 2.05) is 18.2 Å². The lowest BCUT2D eigenvalue weighted by molar-refractivity contribution is -0.123. The second-order valence-corrected chi connectivity index (χ2v) is 5.66. The summed E-state index contributed by atoms with van der Waals surface area (Å²) in [5, 5.41) is 1.15. The van der Waals surface area contributed by atoms with Crippen LogP contribution in [0.25, 0.3) is 0 Å². The average Bonchev–Trinajstić information content (AvgIpc) is 2.34. The van der Waals surface area contributed by atoms with E-state index in [0.717, 1.165) is 37.9 Å². The lowest BCUT2D eigenvalue weighted by Gasteiger charge is -2.34. The second-order valence-electron chi connectivity index (χ2n) is 4.84. The molecule has 0 amide bonds. The van der Waals surface area contributed by atoms with E-state index in [1.54, 1.807) is 6.92 Å². The Balaban J connectivity index is 2.10. The van der Waals surface area contributed by atoms with Crippen molar-refractivity contribution in [2.24, 2.45) is 0 Å². The maximum atomic E-state index is 11.6. The summed E-state index contributed by atoms with van der Waals surface area (Å²) in [7, 11) is 0. The summed E-state index contributed by atoms with van der Waals surface area (Å²) in [6, 6.07) is 5.73. The van der Waals surface area contributed by atoms with Crippen molar-refractivity contribution in [1.82, 2.24) is 4.90 Å². The third kappa shape index (κ3) is 3.25. The van der Waals surface area contributed by atoms with E-state index in [9.17, 15) is 4.79 Å². The second kappa shape index (κ2) is 6.05. The Morgan fingerprint density at radius 2 is 2.11 bits per heavy atom. The number of Topliss-reactive ketones (excluding diaryl/α,β-unsaturated/α-hetero) is 1. The van der Waals surface area contributed by atoms with Crippen LogP contribution in [0.4, 0.5) is 0 Å². The number of piperidine rings is 1. The van der Waals surface area contributed by atoms with E-state index in [0.29, 0.717) is 10.0 Å². The molecule has 1 aromatic carbocycles. The summed E-state index contributed by atoms with van der Waals surface area (Å²) < 4.78 is 0. The van der Waals surface area contributed by atoms with Crippen LogP contribution in [-0.2, 0) is 11.3 Å². The predicted octanol–water partition coefficient (Wildman–Crippen LogP) is 3.94. The van der Waals surface area contributed by atoms with E-state index in [-0.39, 0.29) is 11.8 Å². The topological polar surface area (TPSA) is 20.3 Å². The number of carbonyl (C=O) groups excluding carboxylic acids is 1. The van der Waals surface area contributed by atoms with Crippen LogP contribution in [0.2, 0.25) is 10.0 Å². The summed E-state index contributed by atoms with van der Waals surface area (Å²) in [6.07, 6.45) is 3.27. The Morgan fingerprint density at radius 3 is 2.78 bits per heavy atom. The SMILES string of the molecule is CC(=O)C1CCCCN1Cc1ccc(Cl)c(Cl)c1. The molecule has 0 aliphatic carbocycles. The Morgan fingerprint density at radius 1 is 1.33 bits per heavy atom. The van der Waals surface area contributed by atoms with Gasteiger partial charge in [-0.05, 0) is 44.0 Å². The zero-order valence-electron chi connectivity index (χ0n) is 10.5. The minimum atomic E-state index is 0.0632. The Hall–Kier alpha value is -0.570. The van der Waals surface area contributed by atoms with Crippen molar-refractivity contribution < 1.29 is 4.79 Å². The largest absolute Gasteiger partial charge is 0.298 e. The van der Waals surface area contributed by atoms with Gasteiger partial charge in [-0.15, -0.1) is 0 Å². The van der Waals surface area contributed by atoms with Gasteiger partial charge in [-0.3, -0.25) is 9.69 Å². The molecule has 1 atom stereocenters. The first-order chi connectivity index (χ1) is 8.58. The van der Waals surface area contributed by atoms with E-state index in [1.165, 1.54) is 0 Å². The molecule has 0 bridgehead atoms. The van der Waals surface area contributed by atoms with Crippen molar-refractivity contribution in [2.75, 3.05) is 6.54 Å². The number of likely N-dealkylation sites (tertiary alicyclic amines) is 1. The number of halogens is 2. The molecule has 2 nitrogen and oxygen atoms in total. The predicted molar refractivity (Wildman–Crippen MR) is 75.2 cm³/mol. The molecule has 4 heteroatoms. The van der Waals surface area contributed by atoms with Crippen LogP contribution in [0.5, 0.6) is 0 Å². The van der Waals surface area contributed by atoms with Gasteiger partial charge in [0.15, 0.2) is 0 Å². The fourth-order valence-electron chi connectivity index (χ4n) is 2.51. The van der Waals surface area contributed by atoms with Gasteiger partial charge in [0.05, 0.1) is 16.1 Å². The van der Waals surface area contributed by atoms with Crippen LogP contribution in [-0.4, -0.2) is 23.3 Å². The van der Waals surface area contributed by atoms with Gasteiger partial charge >= 0.3 is 0 Å². The quantitative estimate of drug-likeness (QED) is 0.839. The Labute approximate surface area is 118 Å². The normalized spacial score (nSPS) is 20.9. The lowest BCUT2D eigenvalue weighted by Crippen LogP contribution is -2.43. The lowest BCUT2D eigenvalue weighted by atomic mass is 9.98. The number of nitrogens with zero attached hydrogens (tertiary/aromatic N) is 1. The monoisotopic (exact) mass is 285 g/mol. The molecule has 1 saturated heterocycles. The van der Waals surface area contributed by atoms with Crippen molar-refractivity contribution in [3.05, 3.63) is 33.8 Å². The van der Waals surface area contributed by atoms with E-state index in [2.05, 4.69) is 4.90 Å². The van der Waals surface area contributed by atoms with Gasteiger partial charge in [0.2, 0.25) is 0 Å². The van der Waals surface area contributed by atoms with Crippen LogP contribution in [0.3, 0.4) is 0 Å². The summed E-state index contributed by atoms with van der Waals surface area (Å²) in [5.74, 6) is 0.259. The van der Waals surface area contributed by atoms with E-state index >= 15 is 0 Å². The third-order valence-corrected chi connectivity index (χ3v) is 4.19. The van der Waals surface area contributed by atoms with Crippen LogP contribution in [0, 0.1) is 0 Å². The molecule has 1 aromatic rings. The molecule has 0 radical (unpaired) electrons. The summed E-state index contributed by atoms with van der Waals surface area (Å²) in [5.41, 5.74) is 1.11. The molecule has 1 fully saturated rings. The van der Waals surface area contributed by atoms with Gasteiger partial charge in [-0.25, -0.2) is 0 Å². The van der Waals surface area contributed by atoms with Gasteiger partial charge in [-0.2, -0.15) is 0 Å². The zero-order valence-corrected chi connectivity index (χ0v) is 12.0. The average molecular weight is 286 g/mol. The Kier molecular flexibility index (Phi) is 4.66. The number of rotatable bonds is 3. The van der Waals surface area contributed by atoms with Gasteiger partial charge in [0, 0.05) is 6.54 Å². The third-order valence-electron chi connectivity index (χ3n) is 3.45. The molecular formula is C14H17Cl2NO.